The van der Waals surface area contributed by atoms with Crippen LogP contribution in [0.3, 0.4) is 0 Å². The summed E-state index contributed by atoms with van der Waals surface area (Å²) in [4.78, 5) is 3.88. The molecule has 2 N–H and O–H groups in total. The summed E-state index contributed by atoms with van der Waals surface area (Å²) in [7, 11) is 0. The number of rotatable bonds is 6. The molecule has 1 fully saturated rings. The molecule has 1 unspecified atom stereocenters. The molecule has 0 amide bonds. The number of nitrogens with zero attached hydrogens (tertiary/aromatic N) is 1. The number of benzene rings is 2. The van der Waals surface area contributed by atoms with E-state index < -0.39 is 6.10 Å². The summed E-state index contributed by atoms with van der Waals surface area (Å²) >= 11 is 0. The van der Waals surface area contributed by atoms with Gasteiger partial charge < -0.3 is 19.6 Å². The lowest BCUT2D eigenvalue weighted by Gasteiger charge is -2.34. The summed E-state index contributed by atoms with van der Waals surface area (Å²) in [5.41, 5.74) is 3.81. The van der Waals surface area contributed by atoms with Crippen LogP contribution in [0.4, 0.5) is 5.69 Å². The Morgan fingerprint density at radius 2 is 1.52 bits per heavy atom. The van der Waals surface area contributed by atoms with Crippen molar-refractivity contribution in [3.63, 3.8) is 0 Å². The van der Waals surface area contributed by atoms with Gasteiger partial charge in [0.15, 0.2) is 0 Å². The van der Waals surface area contributed by atoms with E-state index in [0.29, 0.717) is 6.61 Å². The van der Waals surface area contributed by atoms with E-state index in [9.17, 15) is 5.11 Å². The number of nitrogens with one attached hydrogen (secondary N) is 1. The molecule has 1 atom stereocenters. The summed E-state index contributed by atoms with van der Waals surface area (Å²) in [5.74, 6) is 0.823. The van der Waals surface area contributed by atoms with Crippen molar-refractivity contribution in [1.82, 2.24) is 0 Å². The molecule has 0 spiro atoms. The van der Waals surface area contributed by atoms with Crippen LogP contribution < -0.4 is 14.5 Å². The zero-order chi connectivity index (χ0) is 17.6. The number of ether oxygens (including phenoxy) is 1. The van der Waals surface area contributed by atoms with E-state index in [2.05, 4.69) is 43.0 Å². The highest BCUT2D eigenvalue weighted by Crippen LogP contribution is 2.14. The van der Waals surface area contributed by atoms with Crippen molar-refractivity contribution >= 4 is 5.69 Å². The van der Waals surface area contributed by atoms with E-state index in [4.69, 9.17) is 4.74 Å². The van der Waals surface area contributed by atoms with Gasteiger partial charge in [-0.1, -0.05) is 35.4 Å². The molecule has 1 aliphatic rings. The van der Waals surface area contributed by atoms with Crippen LogP contribution in [0.1, 0.15) is 11.1 Å². The molecule has 4 heteroatoms. The predicted octanol–water partition coefficient (Wildman–Crippen LogP) is 1.45. The van der Waals surface area contributed by atoms with Gasteiger partial charge in [-0.25, -0.2) is 0 Å². The zero-order valence-corrected chi connectivity index (χ0v) is 15.2. The Hall–Kier alpha value is -2.04. The molecule has 0 bridgehead atoms. The molecule has 2 aromatic carbocycles. The zero-order valence-electron chi connectivity index (χ0n) is 15.2. The lowest BCUT2D eigenvalue weighted by Crippen LogP contribution is -3.16. The fraction of sp³-hybridized carbons (Fsp3) is 0.429. The van der Waals surface area contributed by atoms with Crippen LogP contribution in [-0.4, -0.2) is 50.5 Å². The van der Waals surface area contributed by atoms with Gasteiger partial charge in [-0.2, -0.15) is 0 Å². The molecular weight excluding hydrogens is 312 g/mol. The Bertz CT molecular complexity index is 647. The highest BCUT2D eigenvalue weighted by atomic mass is 16.5. The largest absolute Gasteiger partial charge is 0.491 e. The maximum atomic E-state index is 10.3. The van der Waals surface area contributed by atoms with Crippen molar-refractivity contribution in [2.75, 3.05) is 44.2 Å². The molecule has 0 aromatic heterocycles. The van der Waals surface area contributed by atoms with Crippen LogP contribution in [0.2, 0.25) is 0 Å². The molecule has 1 heterocycles. The van der Waals surface area contributed by atoms with Gasteiger partial charge in [0.1, 0.15) is 25.0 Å². The SMILES string of the molecule is Cc1ccc(OCC(O)C[NH+]2CCN(c3ccc(C)cc3)CC2)cc1. The molecule has 134 valence electrons. The second-order valence-electron chi connectivity index (χ2n) is 7.05. The monoisotopic (exact) mass is 341 g/mol. The Kier molecular flexibility index (Phi) is 5.95. The molecule has 2 aromatic rings. The second kappa shape index (κ2) is 8.37. The maximum Gasteiger partial charge on any atom is 0.137 e. The fourth-order valence-electron chi connectivity index (χ4n) is 3.26. The summed E-state index contributed by atoms with van der Waals surface area (Å²) in [6.45, 7) is 9.44. The number of aliphatic hydroxyl groups is 1. The van der Waals surface area contributed by atoms with Gasteiger partial charge in [0.2, 0.25) is 0 Å². The number of aliphatic hydroxyl groups excluding tert-OH is 1. The normalized spacial score (nSPS) is 16.7. The minimum absolute atomic E-state index is 0.355. The Morgan fingerprint density at radius 3 is 2.12 bits per heavy atom. The van der Waals surface area contributed by atoms with Crippen LogP contribution in [-0.2, 0) is 0 Å². The number of anilines is 1. The van der Waals surface area contributed by atoms with Crippen LogP contribution in [0.25, 0.3) is 0 Å². The third kappa shape index (κ3) is 5.21. The van der Waals surface area contributed by atoms with Crippen LogP contribution in [0.5, 0.6) is 5.75 Å². The molecule has 1 saturated heterocycles. The molecule has 25 heavy (non-hydrogen) atoms. The van der Waals surface area contributed by atoms with E-state index in [0.717, 1.165) is 38.5 Å². The summed E-state index contributed by atoms with van der Waals surface area (Å²) in [6.07, 6.45) is -0.428. The van der Waals surface area contributed by atoms with E-state index in [1.54, 1.807) is 0 Å². The summed E-state index contributed by atoms with van der Waals surface area (Å²) in [5, 5.41) is 10.3. The van der Waals surface area contributed by atoms with Crippen LogP contribution in [0, 0.1) is 13.8 Å². The number of piperazine rings is 1. The van der Waals surface area contributed by atoms with Crippen LogP contribution >= 0.6 is 0 Å². The Labute approximate surface area is 150 Å². The lowest BCUT2D eigenvalue weighted by atomic mass is 10.2. The number of hydrogen-bond donors (Lipinski definition) is 2. The predicted molar refractivity (Wildman–Crippen MR) is 102 cm³/mol. The minimum Gasteiger partial charge on any atom is -0.491 e. The third-order valence-corrected chi connectivity index (χ3v) is 4.86. The van der Waals surface area contributed by atoms with Crippen molar-refractivity contribution in [2.24, 2.45) is 0 Å². The highest BCUT2D eigenvalue weighted by molar-refractivity contribution is 5.47. The second-order valence-corrected chi connectivity index (χ2v) is 7.05. The minimum atomic E-state index is -0.428. The van der Waals surface area contributed by atoms with Crippen molar-refractivity contribution in [1.29, 1.82) is 0 Å². The van der Waals surface area contributed by atoms with Gasteiger partial charge in [-0.3, -0.25) is 0 Å². The van der Waals surface area contributed by atoms with E-state index in [-0.39, 0.29) is 0 Å². The first kappa shape index (κ1) is 17.8. The smallest absolute Gasteiger partial charge is 0.137 e. The third-order valence-electron chi connectivity index (χ3n) is 4.86. The highest BCUT2D eigenvalue weighted by Gasteiger charge is 2.22. The van der Waals surface area contributed by atoms with Crippen molar-refractivity contribution in [3.05, 3.63) is 59.7 Å². The molecule has 4 nitrogen and oxygen atoms in total. The van der Waals surface area contributed by atoms with Gasteiger partial charge >= 0.3 is 0 Å². The maximum absolute atomic E-state index is 10.3. The first-order chi connectivity index (χ1) is 12.1. The lowest BCUT2D eigenvalue weighted by molar-refractivity contribution is -0.903. The van der Waals surface area contributed by atoms with Crippen LogP contribution in [0.15, 0.2) is 48.5 Å². The van der Waals surface area contributed by atoms with Gasteiger partial charge in [0, 0.05) is 5.69 Å². The van der Waals surface area contributed by atoms with E-state index in [1.807, 2.05) is 24.3 Å². The first-order valence-corrected chi connectivity index (χ1v) is 9.13. The fourth-order valence-corrected chi connectivity index (χ4v) is 3.26. The Morgan fingerprint density at radius 1 is 0.960 bits per heavy atom. The van der Waals surface area contributed by atoms with Crippen molar-refractivity contribution in [2.45, 2.75) is 20.0 Å². The number of aryl methyl sites for hydroxylation is 2. The number of quaternary nitrogens is 1. The van der Waals surface area contributed by atoms with Crippen molar-refractivity contribution < 1.29 is 14.7 Å². The van der Waals surface area contributed by atoms with Gasteiger partial charge in [-0.15, -0.1) is 0 Å². The van der Waals surface area contributed by atoms with Crippen molar-refractivity contribution in [3.8, 4) is 5.75 Å². The van der Waals surface area contributed by atoms with E-state index in [1.165, 1.54) is 21.7 Å². The topological polar surface area (TPSA) is 37.1 Å². The molecule has 1 aliphatic heterocycles. The number of hydrogen-bond acceptors (Lipinski definition) is 3. The molecule has 0 radical (unpaired) electrons. The molecule has 3 rings (SSSR count). The molecular formula is C21H29N2O2+. The van der Waals surface area contributed by atoms with Gasteiger partial charge in [0.05, 0.1) is 26.2 Å². The van der Waals surface area contributed by atoms with Gasteiger partial charge in [-0.05, 0) is 38.1 Å². The van der Waals surface area contributed by atoms with Gasteiger partial charge in [0.25, 0.3) is 0 Å². The Balaban J connectivity index is 1.40. The standard InChI is InChI=1S/C21H28N2O2/c1-17-3-7-19(8-4-17)23-13-11-22(12-14-23)15-20(24)16-25-21-9-5-18(2)6-10-21/h3-10,20,24H,11-16H2,1-2H3/p+1. The first-order valence-electron chi connectivity index (χ1n) is 9.13. The molecule has 0 saturated carbocycles. The van der Waals surface area contributed by atoms with E-state index >= 15 is 0 Å². The average Bonchev–Trinajstić information content (AvgIpc) is 2.63. The average molecular weight is 341 g/mol. The quantitative estimate of drug-likeness (QED) is 0.835. The summed E-state index contributed by atoms with van der Waals surface area (Å²) < 4.78 is 5.69. The summed E-state index contributed by atoms with van der Waals surface area (Å²) in [6, 6.07) is 16.7. The molecule has 0 aliphatic carbocycles.